The Morgan fingerprint density at radius 3 is 2.50 bits per heavy atom. The van der Waals surface area contributed by atoms with Crippen LogP contribution in [0.1, 0.15) is 46.3 Å². The third kappa shape index (κ3) is 4.64. The van der Waals surface area contributed by atoms with Gasteiger partial charge in [-0.15, -0.1) is 0 Å². The first-order chi connectivity index (χ1) is 14.6. The van der Waals surface area contributed by atoms with Crippen molar-refractivity contribution in [3.63, 3.8) is 0 Å². The molecule has 0 radical (unpaired) electrons. The molecular formula is C22H27N5O3. The summed E-state index contributed by atoms with van der Waals surface area (Å²) in [5.41, 5.74) is 2.07. The molecule has 2 aliphatic heterocycles. The van der Waals surface area contributed by atoms with E-state index in [1.165, 1.54) is 0 Å². The molecule has 0 spiro atoms. The van der Waals surface area contributed by atoms with Crippen LogP contribution in [0.15, 0.2) is 30.6 Å². The van der Waals surface area contributed by atoms with Crippen molar-refractivity contribution in [3.8, 4) is 0 Å². The van der Waals surface area contributed by atoms with Crippen molar-refractivity contribution in [3.05, 3.63) is 53.4 Å². The van der Waals surface area contributed by atoms with E-state index in [-0.39, 0.29) is 17.7 Å². The predicted octanol–water partition coefficient (Wildman–Crippen LogP) is 1.60. The van der Waals surface area contributed by atoms with E-state index in [9.17, 15) is 9.59 Å². The molecule has 0 aliphatic carbocycles. The molecule has 8 heteroatoms. The summed E-state index contributed by atoms with van der Waals surface area (Å²) >= 11 is 0. The molecule has 0 atom stereocenters. The van der Waals surface area contributed by atoms with Crippen LogP contribution in [0.2, 0.25) is 0 Å². The van der Waals surface area contributed by atoms with E-state index >= 15 is 0 Å². The van der Waals surface area contributed by atoms with Gasteiger partial charge in [0.2, 0.25) is 5.91 Å². The lowest BCUT2D eigenvalue weighted by molar-refractivity contribution is -0.131. The molecular weight excluding hydrogens is 382 g/mol. The first-order valence-corrected chi connectivity index (χ1v) is 10.5. The molecule has 8 nitrogen and oxygen atoms in total. The number of aryl methyl sites for hydroxylation is 1. The second kappa shape index (κ2) is 9.30. The van der Waals surface area contributed by atoms with E-state index in [1.807, 2.05) is 30.0 Å². The maximum Gasteiger partial charge on any atom is 0.257 e. The summed E-state index contributed by atoms with van der Waals surface area (Å²) in [5.74, 6) is 1.05. The van der Waals surface area contributed by atoms with Gasteiger partial charge in [0.25, 0.3) is 5.91 Å². The minimum atomic E-state index is -0.0303. The number of pyridine rings is 1. The first kappa shape index (κ1) is 20.4. The van der Waals surface area contributed by atoms with Crippen molar-refractivity contribution in [2.75, 3.05) is 39.4 Å². The number of hydrogen-bond donors (Lipinski definition) is 0. The van der Waals surface area contributed by atoms with E-state index in [2.05, 4.69) is 15.0 Å². The molecule has 2 saturated heterocycles. The number of amides is 2. The Morgan fingerprint density at radius 1 is 1.07 bits per heavy atom. The Balaban J connectivity index is 1.35. The molecule has 0 saturated carbocycles. The number of carbonyl (C=O) groups excluding carboxylic acids is 2. The molecule has 2 aromatic heterocycles. The third-order valence-corrected chi connectivity index (χ3v) is 5.80. The van der Waals surface area contributed by atoms with Gasteiger partial charge in [0, 0.05) is 50.2 Å². The lowest BCUT2D eigenvalue weighted by Crippen LogP contribution is -2.41. The Bertz CT molecular complexity index is 891. The fraction of sp³-hybridized carbons (Fsp3) is 0.500. The predicted molar refractivity (Wildman–Crippen MR) is 110 cm³/mol. The van der Waals surface area contributed by atoms with Crippen molar-refractivity contribution >= 4 is 11.8 Å². The van der Waals surface area contributed by atoms with Crippen LogP contribution in [0.3, 0.4) is 0 Å². The van der Waals surface area contributed by atoms with Crippen LogP contribution in [0.25, 0.3) is 0 Å². The van der Waals surface area contributed by atoms with E-state index in [0.29, 0.717) is 57.1 Å². The van der Waals surface area contributed by atoms with E-state index in [4.69, 9.17) is 4.74 Å². The van der Waals surface area contributed by atoms with Crippen molar-refractivity contribution in [1.82, 2.24) is 24.8 Å². The quantitative estimate of drug-likeness (QED) is 0.762. The van der Waals surface area contributed by atoms with Gasteiger partial charge in [0.05, 0.1) is 30.9 Å². The lowest BCUT2D eigenvalue weighted by Gasteiger charge is -2.31. The maximum atomic E-state index is 12.7. The zero-order valence-electron chi connectivity index (χ0n) is 17.3. The van der Waals surface area contributed by atoms with Crippen LogP contribution in [-0.4, -0.2) is 76.0 Å². The smallest absolute Gasteiger partial charge is 0.257 e. The van der Waals surface area contributed by atoms with Gasteiger partial charge >= 0.3 is 0 Å². The Kier molecular flexibility index (Phi) is 6.32. The van der Waals surface area contributed by atoms with Crippen molar-refractivity contribution in [1.29, 1.82) is 0 Å². The summed E-state index contributed by atoms with van der Waals surface area (Å²) < 4.78 is 5.32. The fourth-order valence-electron chi connectivity index (χ4n) is 3.99. The second-order valence-electron chi connectivity index (χ2n) is 7.78. The number of rotatable bonds is 4. The second-order valence-corrected chi connectivity index (χ2v) is 7.78. The van der Waals surface area contributed by atoms with Crippen molar-refractivity contribution in [2.45, 2.75) is 32.1 Å². The number of hydrogen-bond acceptors (Lipinski definition) is 6. The number of morpholine rings is 1. The van der Waals surface area contributed by atoms with Gasteiger partial charge < -0.3 is 14.5 Å². The highest BCUT2D eigenvalue weighted by Crippen LogP contribution is 2.26. The Labute approximate surface area is 176 Å². The van der Waals surface area contributed by atoms with Gasteiger partial charge in [-0.3, -0.25) is 14.6 Å². The number of carbonyl (C=O) groups is 2. The van der Waals surface area contributed by atoms with Gasteiger partial charge in [-0.05, 0) is 31.9 Å². The van der Waals surface area contributed by atoms with Crippen LogP contribution in [0.4, 0.5) is 0 Å². The number of piperidine rings is 1. The average molecular weight is 409 g/mol. The molecule has 2 aliphatic rings. The van der Waals surface area contributed by atoms with Crippen molar-refractivity contribution in [2.24, 2.45) is 0 Å². The molecule has 30 heavy (non-hydrogen) atoms. The highest BCUT2D eigenvalue weighted by molar-refractivity contribution is 5.95. The normalized spacial score (nSPS) is 17.8. The molecule has 0 unspecified atom stereocenters. The zero-order chi connectivity index (χ0) is 20.9. The molecule has 0 bridgehead atoms. The summed E-state index contributed by atoms with van der Waals surface area (Å²) in [4.78, 5) is 42.3. The number of nitrogens with zero attached hydrogens (tertiary/aromatic N) is 5. The minimum Gasteiger partial charge on any atom is -0.378 e. The maximum absolute atomic E-state index is 12.7. The van der Waals surface area contributed by atoms with E-state index in [1.54, 1.807) is 17.3 Å². The van der Waals surface area contributed by atoms with Gasteiger partial charge in [-0.1, -0.05) is 6.07 Å². The molecule has 2 amide bonds. The number of aromatic nitrogens is 3. The van der Waals surface area contributed by atoms with E-state index in [0.717, 1.165) is 24.4 Å². The molecule has 4 rings (SSSR count). The monoisotopic (exact) mass is 409 g/mol. The topological polar surface area (TPSA) is 88.5 Å². The van der Waals surface area contributed by atoms with Crippen LogP contribution in [-0.2, 0) is 16.0 Å². The highest BCUT2D eigenvalue weighted by atomic mass is 16.5. The molecule has 2 fully saturated rings. The highest BCUT2D eigenvalue weighted by Gasteiger charge is 2.27. The van der Waals surface area contributed by atoms with Crippen LogP contribution < -0.4 is 0 Å². The van der Waals surface area contributed by atoms with Gasteiger partial charge in [0.1, 0.15) is 5.82 Å². The summed E-state index contributed by atoms with van der Waals surface area (Å²) in [7, 11) is 0. The van der Waals surface area contributed by atoms with Gasteiger partial charge in [0.15, 0.2) is 0 Å². The van der Waals surface area contributed by atoms with Crippen LogP contribution >= 0.6 is 0 Å². The van der Waals surface area contributed by atoms with Crippen molar-refractivity contribution < 1.29 is 14.3 Å². The zero-order valence-corrected chi connectivity index (χ0v) is 17.3. The molecule has 158 valence electrons. The summed E-state index contributed by atoms with van der Waals surface area (Å²) in [6, 6.07) is 5.62. The summed E-state index contributed by atoms with van der Waals surface area (Å²) in [6.45, 7) is 5.59. The Hall–Kier alpha value is -2.87. The fourth-order valence-corrected chi connectivity index (χ4v) is 3.99. The van der Waals surface area contributed by atoms with Gasteiger partial charge in [-0.25, -0.2) is 9.97 Å². The number of likely N-dealkylation sites (tertiary alicyclic amines) is 1. The minimum absolute atomic E-state index is 0.0303. The van der Waals surface area contributed by atoms with Crippen LogP contribution in [0, 0.1) is 6.92 Å². The molecule has 2 aromatic rings. The van der Waals surface area contributed by atoms with E-state index < -0.39 is 0 Å². The molecule has 0 N–H and O–H groups in total. The standard InChI is InChI=1S/C22H27N5O3/c1-16-19(22(29)27-10-12-30-13-11-27)15-24-21(25-16)17-5-8-26(9-6-17)20(28)14-18-4-2-3-7-23-18/h2-4,7,15,17H,5-6,8-14H2,1H3. The number of ether oxygens (including phenoxy) is 1. The SMILES string of the molecule is Cc1nc(C2CCN(C(=O)Cc3ccccn3)CC2)ncc1C(=O)N1CCOCC1. The summed E-state index contributed by atoms with van der Waals surface area (Å²) in [6.07, 6.45) is 5.35. The lowest BCUT2D eigenvalue weighted by atomic mass is 9.95. The molecule has 0 aromatic carbocycles. The van der Waals surface area contributed by atoms with Crippen LogP contribution in [0.5, 0.6) is 0 Å². The molecule has 4 heterocycles. The van der Waals surface area contributed by atoms with Gasteiger partial charge in [-0.2, -0.15) is 0 Å². The third-order valence-electron chi connectivity index (χ3n) is 5.80. The average Bonchev–Trinajstić information content (AvgIpc) is 2.80. The largest absolute Gasteiger partial charge is 0.378 e. The summed E-state index contributed by atoms with van der Waals surface area (Å²) in [5, 5.41) is 0. The Morgan fingerprint density at radius 2 is 1.83 bits per heavy atom. The first-order valence-electron chi connectivity index (χ1n) is 10.5.